The van der Waals surface area contributed by atoms with Crippen molar-refractivity contribution in [2.45, 2.75) is 52.0 Å². The molecule has 1 heterocycles. The lowest BCUT2D eigenvalue weighted by Gasteiger charge is -2.11. The molecule has 0 aromatic heterocycles. The Labute approximate surface area is 75.3 Å². The Balaban J connectivity index is 2.23. The molecule has 0 spiro atoms. The zero-order chi connectivity index (χ0) is 8.97. The van der Waals surface area contributed by atoms with E-state index in [4.69, 9.17) is 5.73 Å². The maximum atomic E-state index is 5.67. The number of aliphatic imine (C=N–C) groups is 1. The second-order valence-corrected chi connectivity index (χ2v) is 3.86. The molecule has 0 fully saturated rings. The fourth-order valence-electron chi connectivity index (χ4n) is 1.81. The molecular formula is C10H20N2. The van der Waals surface area contributed by atoms with Gasteiger partial charge in [0.05, 0.1) is 11.9 Å². The van der Waals surface area contributed by atoms with Crippen molar-refractivity contribution in [1.82, 2.24) is 0 Å². The minimum Gasteiger partial charge on any atom is -0.387 e. The third-order valence-corrected chi connectivity index (χ3v) is 2.62. The molecule has 2 N–H and O–H groups in total. The minimum atomic E-state index is 0.525. The number of nitrogens with two attached hydrogens (primary N) is 1. The summed E-state index contributed by atoms with van der Waals surface area (Å²) in [6.07, 6.45) is 6.17. The van der Waals surface area contributed by atoms with Crippen LogP contribution in [0.3, 0.4) is 0 Å². The first-order chi connectivity index (χ1) is 5.74. The number of unbranched alkanes of at least 4 members (excludes halogenated alkanes) is 2. The predicted octanol–water partition coefficient (Wildman–Crippen LogP) is 2.33. The molecule has 1 aliphatic rings. The van der Waals surface area contributed by atoms with Crippen LogP contribution in [-0.2, 0) is 0 Å². The fraction of sp³-hybridized carbons (Fsp3) is 0.900. The van der Waals surface area contributed by atoms with Gasteiger partial charge in [0.15, 0.2) is 0 Å². The van der Waals surface area contributed by atoms with Gasteiger partial charge in [0, 0.05) is 6.42 Å². The highest BCUT2D eigenvalue weighted by Gasteiger charge is 2.22. The zero-order valence-corrected chi connectivity index (χ0v) is 8.21. The average Bonchev–Trinajstić information content (AvgIpc) is 2.31. The van der Waals surface area contributed by atoms with Crippen molar-refractivity contribution < 1.29 is 0 Å². The Morgan fingerprint density at radius 1 is 1.50 bits per heavy atom. The third kappa shape index (κ3) is 2.50. The van der Waals surface area contributed by atoms with Gasteiger partial charge in [-0.2, -0.15) is 0 Å². The molecule has 0 bridgehead atoms. The summed E-state index contributed by atoms with van der Waals surface area (Å²) < 4.78 is 0. The topological polar surface area (TPSA) is 38.4 Å². The lowest BCUT2D eigenvalue weighted by molar-refractivity contribution is 0.455. The van der Waals surface area contributed by atoms with E-state index in [-0.39, 0.29) is 0 Å². The summed E-state index contributed by atoms with van der Waals surface area (Å²) in [4.78, 5) is 4.44. The Morgan fingerprint density at radius 3 is 2.75 bits per heavy atom. The molecule has 12 heavy (non-hydrogen) atoms. The molecule has 0 aromatic carbocycles. The van der Waals surface area contributed by atoms with E-state index in [0.29, 0.717) is 12.0 Å². The van der Waals surface area contributed by atoms with E-state index in [9.17, 15) is 0 Å². The highest BCUT2D eigenvalue weighted by Crippen LogP contribution is 2.23. The quantitative estimate of drug-likeness (QED) is 0.643. The molecule has 0 saturated heterocycles. The van der Waals surface area contributed by atoms with Crippen molar-refractivity contribution in [3.05, 3.63) is 0 Å². The summed E-state index contributed by atoms with van der Waals surface area (Å²) in [6, 6.07) is 0.525. The van der Waals surface area contributed by atoms with Crippen molar-refractivity contribution in [1.29, 1.82) is 0 Å². The smallest absolute Gasteiger partial charge is 0.0944 e. The molecule has 2 atom stereocenters. The maximum Gasteiger partial charge on any atom is 0.0944 e. The average molecular weight is 168 g/mol. The van der Waals surface area contributed by atoms with Gasteiger partial charge in [-0.3, -0.25) is 4.99 Å². The molecule has 0 aliphatic carbocycles. The lowest BCUT2D eigenvalue weighted by atomic mass is 9.97. The second kappa shape index (κ2) is 4.48. The first kappa shape index (κ1) is 9.56. The van der Waals surface area contributed by atoms with Crippen LogP contribution in [0.15, 0.2) is 4.99 Å². The van der Waals surface area contributed by atoms with Crippen LogP contribution in [0.2, 0.25) is 0 Å². The van der Waals surface area contributed by atoms with Crippen LogP contribution in [0, 0.1) is 5.92 Å². The number of hydrogen-bond donors (Lipinski definition) is 1. The highest BCUT2D eigenvalue weighted by atomic mass is 14.9. The lowest BCUT2D eigenvalue weighted by Crippen LogP contribution is -2.11. The molecule has 0 amide bonds. The molecule has 0 saturated carbocycles. The van der Waals surface area contributed by atoms with Gasteiger partial charge in [-0.15, -0.1) is 0 Å². The Hall–Kier alpha value is -0.530. The van der Waals surface area contributed by atoms with E-state index in [2.05, 4.69) is 18.8 Å². The van der Waals surface area contributed by atoms with E-state index in [1.807, 2.05) is 0 Å². The van der Waals surface area contributed by atoms with E-state index < -0.39 is 0 Å². The number of nitrogens with zero attached hydrogens (tertiary/aromatic N) is 1. The molecule has 1 aliphatic heterocycles. The van der Waals surface area contributed by atoms with Gasteiger partial charge in [0.2, 0.25) is 0 Å². The fourth-order valence-corrected chi connectivity index (χ4v) is 1.81. The van der Waals surface area contributed by atoms with Crippen LogP contribution in [0.1, 0.15) is 46.0 Å². The molecule has 0 unspecified atom stereocenters. The molecule has 2 heteroatoms. The van der Waals surface area contributed by atoms with Crippen molar-refractivity contribution in [3.63, 3.8) is 0 Å². The maximum absolute atomic E-state index is 5.67. The van der Waals surface area contributed by atoms with E-state index >= 15 is 0 Å². The first-order valence-corrected chi connectivity index (χ1v) is 5.06. The zero-order valence-electron chi connectivity index (χ0n) is 8.21. The van der Waals surface area contributed by atoms with E-state index in [1.165, 1.54) is 25.7 Å². The molecular weight excluding hydrogens is 148 g/mol. The van der Waals surface area contributed by atoms with Crippen LogP contribution in [0.5, 0.6) is 0 Å². The number of amidine groups is 1. The standard InChI is InChI=1S/C10H20N2/c1-3-4-5-6-9-8(2)7-10(11)12-9/h8-9H,3-7H2,1-2H3,(H2,11,12)/t8-,9+/m1/s1. The summed E-state index contributed by atoms with van der Waals surface area (Å²) in [5.74, 6) is 1.55. The third-order valence-electron chi connectivity index (χ3n) is 2.62. The van der Waals surface area contributed by atoms with Gasteiger partial charge < -0.3 is 5.73 Å². The molecule has 70 valence electrons. The summed E-state index contributed by atoms with van der Waals surface area (Å²) >= 11 is 0. The van der Waals surface area contributed by atoms with Gasteiger partial charge in [-0.1, -0.05) is 33.1 Å². The molecule has 0 radical (unpaired) electrons. The second-order valence-electron chi connectivity index (χ2n) is 3.86. The normalized spacial score (nSPS) is 29.0. The van der Waals surface area contributed by atoms with Crippen LogP contribution in [-0.4, -0.2) is 11.9 Å². The number of rotatable bonds is 4. The summed E-state index contributed by atoms with van der Waals surface area (Å²) in [6.45, 7) is 4.48. The van der Waals surface area contributed by atoms with Gasteiger partial charge in [-0.25, -0.2) is 0 Å². The monoisotopic (exact) mass is 168 g/mol. The highest BCUT2D eigenvalue weighted by molar-refractivity contribution is 5.82. The van der Waals surface area contributed by atoms with Gasteiger partial charge in [0.1, 0.15) is 0 Å². The predicted molar refractivity (Wildman–Crippen MR) is 53.3 cm³/mol. The summed E-state index contributed by atoms with van der Waals surface area (Å²) in [5, 5.41) is 0. The van der Waals surface area contributed by atoms with Crippen molar-refractivity contribution in [2.24, 2.45) is 16.6 Å². The van der Waals surface area contributed by atoms with E-state index in [0.717, 1.165) is 12.3 Å². The largest absolute Gasteiger partial charge is 0.387 e. The Morgan fingerprint density at radius 2 is 2.25 bits per heavy atom. The Kier molecular flexibility index (Phi) is 3.57. The summed E-state index contributed by atoms with van der Waals surface area (Å²) in [5.41, 5.74) is 5.67. The van der Waals surface area contributed by atoms with Crippen LogP contribution in [0.25, 0.3) is 0 Å². The van der Waals surface area contributed by atoms with Crippen LogP contribution in [0.4, 0.5) is 0 Å². The molecule has 1 rings (SSSR count). The van der Waals surface area contributed by atoms with Crippen LogP contribution < -0.4 is 5.73 Å². The van der Waals surface area contributed by atoms with Gasteiger partial charge in [-0.05, 0) is 12.3 Å². The van der Waals surface area contributed by atoms with Gasteiger partial charge in [0.25, 0.3) is 0 Å². The van der Waals surface area contributed by atoms with Crippen molar-refractivity contribution in [2.75, 3.05) is 0 Å². The SMILES string of the molecule is CCCCC[C@@H]1N=C(N)C[C@H]1C. The minimum absolute atomic E-state index is 0.525. The van der Waals surface area contributed by atoms with E-state index in [1.54, 1.807) is 0 Å². The van der Waals surface area contributed by atoms with Crippen molar-refractivity contribution >= 4 is 5.84 Å². The van der Waals surface area contributed by atoms with Crippen molar-refractivity contribution in [3.8, 4) is 0 Å². The molecule has 0 aromatic rings. The first-order valence-electron chi connectivity index (χ1n) is 5.06. The Bertz CT molecular complexity index is 163. The molecule has 2 nitrogen and oxygen atoms in total. The van der Waals surface area contributed by atoms with Crippen LogP contribution >= 0.6 is 0 Å². The summed E-state index contributed by atoms with van der Waals surface area (Å²) in [7, 11) is 0. The van der Waals surface area contributed by atoms with Gasteiger partial charge >= 0.3 is 0 Å². The number of hydrogen-bond acceptors (Lipinski definition) is 2.